The minimum absolute atomic E-state index is 0.00393. The summed E-state index contributed by atoms with van der Waals surface area (Å²) in [4.78, 5) is 24.5. The molecule has 0 saturated heterocycles. The average molecular weight is 929 g/mol. The van der Waals surface area contributed by atoms with Gasteiger partial charge in [0.15, 0.2) is 0 Å². The Hall–Kier alpha value is -1.92. The van der Waals surface area contributed by atoms with Crippen LogP contribution in [0.2, 0.25) is 0 Å². The van der Waals surface area contributed by atoms with Gasteiger partial charge >= 0.3 is 5.97 Å². The molecule has 6 heteroatoms. The van der Waals surface area contributed by atoms with Crippen molar-refractivity contribution in [3.8, 4) is 0 Å². The number of aliphatic hydroxyl groups excluding tert-OH is 2. The van der Waals surface area contributed by atoms with Crippen LogP contribution in [0, 0.1) is 0 Å². The lowest BCUT2D eigenvalue weighted by atomic mass is 10.0. The number of amides is 1. The van der Waals surface area contributed by atoms with Crippen LogP contribution in [0.5, 0.6) is 0 Å². The van der Waals surface area contributed by atoms with E-state index < -0.39 is 12.1 Å². The van der Waals surface area contributed by atoms with E-state index in [1.807, 2.05) is 0 Å². The topological polar surface area (TPSA) is 95.9 Å². The van der Waals surface area contributed by atoms with Crippen molar-refractivity contribution in [3.63, 3.8) is 0 Å². The van der Waals surface area contributed by atoms with E-state index >= 15 is 0 Å². The molecule has 66 heavy (non-hydrogen) atoms. The van der Waals surface area contributed by atoms with Crippen molar-refractivity contribution < 1.29 is 24.5 Å². The summed E-state index contributed by atoms with van der Waals surface area (Å²) in [6.45, 7) is 4.91. The Labute approximate surface area is 411 Å². The SMILES string of the molecule is CCCCC/C=C\C/C=C\CCCCCCCCCC(=O)OCCCCCCCCCC/C=C\CCCCCCCCCC(=O)NC(CO)C(O)CCCCCCCCCCCCCCC. The highest BCUT2D eigenvalue weighted by molar-refractivity contribution is 5.76. The molecule has 0 rings (SSSR count). The average Bonchev–Trinajstić information content (AvgIpc) is 3.32. The molecule has 0 aliphatic carbocycles. The van der Waals surface area contributed by atoms with Crippen LogP contribution in [0.3, 0.4) is 0 Å². The summed E-state index contributed by atoms with van der Waals surface area (Å²) in [6, 6.07) is -0.548. The highest BCUT2D eigenvalue weighted by atomic mass is 16.5. The molecule has 0 aliphatic rings. The number of ether oxygens (including phenoxy) is 1. The molecule has 2 unspecified atom stereocenters. The molecule has 0 saturated carbocycles. The monoisotopic (exact) mass is 928 g/mol. The minimum Gasteiger partial charge on any atom is -0.466 e. The fourth-order valence-corrected chi connectivity index (χ4v) is 8.90. The summed E-state index contributed by atoms with van der Waals surface area (Å²) >= 11 is 0. The molecule has 2 atom stereocenters. The number of unbranched alkanes of at least 4 members (excludes halogenated alkanes) is 37. The summed E-state index contributed by atoms with van der Waals surface area (Å²) in [5, 5.41) is 23.2. The van der Waals surface area contributed by atoms with Gasteiger partial charge in [-0.1, -0.05) is 249 Å². The van der Waals surface area contributed by atoms with Gasteiger partial charge in [-0.2, -0.15) is 0 Å². The summed E-state index contributed by atoms with van der Waals surface area (Å²) in [7, 11) is 0. The summed E-state index contributed by atoms with van der Waals surface area (Å²) in [6.07, 6.45) is 68.5. The zero-order chi connectivity index (χ0) is 47.9. The van der Waals surface area contributed by atoms with Gasteiger partial charge in [-0.05, 0) is 83.5 Å². The van der Waals surface area contributed by atoms with Crippen LogP contribution in [-0.4, -0.2) is 47.4 Å². The molecule has 0 aromatic heterocycles. The molecule has 0 aromatic carbocycles. The van der Waals surface area contributed by atoms with E-state index in [0.29, 0.717) is 25.9 Å². The van der Waals surface area contributed by atoms with Gasteiger partial charge < -0.3 is 20.3 Å². The second-order valence-corrected chi connectivity index (χ2v) is 20.0. The first-order valence-electron chi connectivity index (χ1n) is 29.2. The standard InChI is InChI=1S/C60H113NO5/c1-3-5-7-9-11-13-15-17-18-22-26-30-34-38-42-46-50-54-60(65)66-55-51-47-43-39-35-31-27-24-21-19-20-23-25-29-33-37-41-45-49-53-59(64)61-57(56-62)58(63)52-48-44-40-36-32-28-16-14-12-10-8-6-4-2/h11,13,17-20,57-58,62-63H,3-10,12,14-16,21-56H2,1-2H3,(H,61,64)/b13-11-,18-17-,20-19-. The lowest BCUT2D eigenvalue weighted by Gasteiger charge is -2.22. The van der Waals surface area contributed by atoms with Crippen LogP contribution in [-0.2, 0) is 14.3 Å². The van der Waals surface area contributed by atoms with E-state index in [9.17, 15) is 19.8 Å². The Morgan fingerprint density at radius 2 is 0.758 bits per heavy atom. The van der Waals surface area contributed by atoms with Crippen LogP contribution in [0.1, 0.15) is 309 Å². The Bertz CT molecular complexity index is 1070. The molecule has 6 nitrogen and oxygen atoms in total. The predicted molar refractivity (Wildman–Crippen MR) is 287 cm³/mol. The van der Waals surface area contributed by atoms with E-state index in [1.165, 1.54) is 225 Å². The quantitative estimate of drug-likeness (QED) is 0.0321. The van der Waals surface area contributed by atoms with Gasteiger partial charge in [-0.3, -0.25) is 9.59 Å². The summed E-state index contributed by atoms with van der Waals surface area (Å²) < 4.78 is 5.48. The van der Waals surface area contributed by atoms with Crippen molar-refractivity contribution >= 4 is 11.9 Å². The molecule has 0 radical (unpaired) electrons. The highest BCUT2D eigenvalue weighted by Crippen LogP contribution is 2.16. The molecule has 0 spiro atoms. The third-order valence-corrected chi connectivity index (χ3v) is 13.4. The zero-order valence-electron chi connectivity index (χ0n) is 44.2. The second-order valence-electron chi connectivity index (χ2n) is 20.0. The van der Waals surface area contributed by atoms with Crippen molar-refractivity contribution in [3.05, 3.63) is 36.5 Å². The Kier molecular flexibility index (Phi) is 54.1. The highest BCUT2D eigenvalue weighted by Gasteiger charge is 2.20. The number of hydrogen-bond acceptors (Lipinski definition) is 5. The fourth-order valence-electron chi connectivity index (χ4n) is 8.90. The van der Waals surface area contributed by atoms with Gasteiger partial charge in [0.05, 0.1) is 25.4 Å². The molecule has 0 fully saturated rings. The smallest absolute Gasteiger partial charge is 0.305 e. The number of carbonyl (C=O) groups is 2. The minimum atomic E-state index is -0.670. The normalized spacial score (nSPS) is 12.8. The van der Waals surface area contributed by atoms with E-state index in [2.05, 4.69) is 55.6 Å². The van der Waals surface area contributed by atoms with Crippen LogP contribution in [0.15, 0.2) is 36.5 Å². The fraction of sp³-hybridized carbons (Fsp3) is 0.867. The number of rotatable bonds is 54. The van der Waals surface area contributed by atoms with Gasteiger partial charge in [0.1, 0.15) is 0 Å². The first-order valence-corrected chi connectivity index (χ1v) is 29.2. The van der Waals surface area contributed by atoms with Gasteiger partial charge in [-0.25, -0.2) is 0 Å². The first kappa shape index (κ1) is 64.1. The Balaban J connectivity index is 3.43. The van der Waals surface area contributed by atoms with Crippen LogP contribution in [0.25, 0.3) is 0 Å². The maximum atomic E-state index is 12.5. The third kappa shape index (κ3) is 51.5. The zero-order valence-corrected chi connectivity index (χ0v) is 44.2. The van der Waals surface area contributed by atoms with Crippen LogP contribution in [0.4, 0.5) is 0 Å². The van der Waals surface area contributed by atoms with Gasteiger partial charge in [-0.15, -0.1) is 0 Å². The Morgan fingerprint density at radius 3 is 1.20 bits per heavy atom. The summed E-state index contributed by atoms with van der Waals surface area (Å²) in [5.74, 6) is -0.0487. The molecule has 0 bridgehead atoms. The Morgan fingerprint density at radius 1 is 0.424 bits per heavy atom. The maximum Gasteiger partial charge on any atom is 0.305 e. The lowest BCUT2D eigenvalue weighted by molar-refractivity contribution is -0.143. The molecule has 0 heterocycles. The van der Waals surface area contributed by atoms with Crippen molar-refractivity contribution in [2.45, 2.75) is 321 Å². The molecular weight excluding hydrogens is 815 g/mol. The molecule has 1 amide bonds. The molecule has 3 N–H and O–H groups in total. The lowest BCUT2D eigenvalue weighted by Crippen LogP contribution is -2.45. The number of allylic oxidation sites excluding steroid dienone is 6. The maximum absolute atomic E-state index is 12.5. The number of hydrogen-bond donors (Lipinski definition) is 3. The number of carbonyl (C=O) groups excluding carboxylic acids is 2. The third-order valence-electron chi connectivity index (χ3n) is 13.4. The van der Waals surface area contributed by atoms with Crippen LogP contribution < -0.4 is 5.32 Å². The van der Waals surface area contributed by atoms with Gasteiger partial charge in [0.2, 0.25) is 5.91 Å². The van der Waals surface area contributed by atoms with E-state index in [0.717, 1.165) is 51.4 Å². The van der Waals surface area contributed by atoms with E-state index in [4.69, 9.17) is 4.74 Å². The van der Waals surface area contributed by atoms with Crippen LogP contribution >= 0.6 is 0 Å². The molecule has 388 valence electrons. The van der Waals surface area contributed by atoms with Gasteiger partial charge in [0.25, 0.3) is 0 Å². The number of aliphatic hydroxyl groups is 2. The molecule has 0 aliphatic heterocycles. The van der Waals surface area contributed by atoms with E-state index in [-0.39, 0.29) is 18.5 Å². The molecule has 0 aromatic rings. The largest absolute Gasteiger partial charge is 0.466 e. The first-order chi connectivity index (χ1) is 32.5. The molecular formula is C60H113NO5. The number of nitrogens with one attached hydrogen (secondary N) is 1. The van der Waals surface area contributed by atoms with E-state index in [1.54, 1.807) is 0 Å². The predicted octanol–water partition coefficient (Wildman–Crippen LogP) is 18.0. The number of esters is 1. The van der Waals surface area contributed by atoms with Crippen molar-refractivity contribution in [1.82, 2.24) is 5.32 Å². The van der Waals surface area contributed by atoms with Gasteiger partial charge in [0, 0.05) is 12.8 Å². The van der Waals surface area contributed by atoms with Crippen molar-refractivity contribution in [1.29, 1.82) is 0 Å². The summed E-state index contributed by atoms with van der Waals surface area (Å²) in [5.41, 5.74) is 0. The van der Waals surface area contributed by atoms with Crippen molar-refractivity contribution in [2.75, 3.05) is 13.2 Å². The van der Waals surface area contributed by atoms with Crippen molar-refractivity contribution in [2.24, 2.45) is 0 Å². The second kappa shape index (κ2) is 55.7.